The maximum Gasteiger partial charge on any atom is 0.416 e. The van der Waals surface area contributed by atoms with E-state index >= 15 is 0 Å². The number of pyridine rings is 1. The van der Waals surface area contributed by atoms with Gasteiger partial charge >= 0.3 is 6.18 Å². The number of nitrogens with one attached hydrogen (secondary N) is 1. The normalized spacial score (nSPS) is 12.1. The first-order valence-corrected chi connectivity index (χ1v) is 10.8. The number of sulfone groups is 1. The number of furan rings is 1. The van der Waals surface area contributed by atoms with Crippen LogP contribution in [0.4, 0.5) is 13.2 Å². The van der Waals surface area contributed by atoms with Gasteiger partial charge < -0.3 is 9.73 Å². The zero-order valence-corrected chi connectivity index (χ0v) is 17.1. The number of alkyl halides is 3. The minimum absolute atomic E-state index is 0.0721. The van der Waals surface area contributed by atoms with Gasteiger partial charge in [-0.05, 0) is 54.1 Å². The van der Waals surface area contributed by atoms with Gasteiger partial charge in [0.15, 0.2) is 11.3 Å². The SMILES string of the molecule is O=C(NCc1ccc(S(=O)(=O)c2ccc(C(F)(F)F)cc2)cc1)c1cc2ccncc2o1. The largest absolute Gasteiger partial charge is 0.449 e. The molecule has 0 bridgehead atoms. The van der Waals surface area contributed by atoms with Crippen LogP contribution in [0.2, 0.25) is 0 Å². The fourth-order valence-electron chi connectivity index (χ4n) is 3.01. The second-order valence-electron chi connectivity index (χ2n) is 6.88. The Morgan fingerprint density at radius 3 is 2.19 bits per heavy atom. The summed E-state index contributed by atoms with van der Waals surface area (Å²) < 4.78 is 68.8. The van der Waals surface area contributed by atoms with E-state index in [9.17, 15) is 26.4 Å². The molecular weight excluding hydrogens is 445 g/mol. The summed E-state index contributed by atoms with van der Waals surface area (Å²) >= 11 is 0. The molecule has 0 spiro atoms. The van der Waals surface area contributed by atoms with Gasteiger partial charge in [0, 0.05) is 18.1 Å². The molecule has 10 heteroatoms. The highest BCUT2D eigenvalue weighted by Gasteiger charge is 2.30. The highest BCUT2D eigenvalue weighted by Crippen LogP contribution is 2.31. The summed E-state index contributed by atoms with van der Waals surface area (Å²) in [6.45, 7) is 0.120. The van der Waals surface area contributed by atoms with E-state index in [-0.39, 0.29) is 22.1 Å². The fourth-order valence-corrected chi connectivity index (χ4v) is 4.27. The summed E-state index contributed by atoms with van der Waals surface area (Å²) in [5.74, 6) is -0.322. The molecule has 0 saturated heterocycles. The third kappa shape index (κ3) is 4.35. The van der Waals surface area contributed by atoms with E-state index in [1.165, 1.54) is 30.5 Å². The Morgan fingerprint density at radius 2 is 1.59 bits per heavy atom. The summed E-state index contributed by atoms with van der Waals surface area (Å²) in [5.41, 5.74) is 0.182. The summed E-state index contributed by atoms with van der Waals surface area (Å²) in [6.07, 6.45) is -1.46. The van der Waals surface area contributed by atoms with Crippen LogP contribution in [0.5, 0.6) is 0 Å². The Morgan fingerprint density at radius 1 is 0.969 bits per heavy atom. The van der Waals surface area contributed by atoms with E-state index in [4.69, 9.17) is 4.42 Å². The summed E-state index contributed by atoms with van der Waals surface area (Å²) in [7, 11) is -3.98. The van der Waals surface area contributed by atoms with Crippen molar-refractivity contribution in [3.05, 3.63) is 89.9 Å². The predicted molar refractivity (Wildman–Crippen MR) is 109 cm³/mol. The van der Waals surface area contributed by atoms with Crippen LogP contribution in [0.3, 0.4) is 0 Å². The molecule has 1 N–H and O–H groups in total. The Labute approximate surface area is 180 Å². The van der Waals surface area contributed by atoms with E-state index in [0.29, 0.717) is 11.1 Å². The number of benzene rings is 2. The number of hydrogen-bond acceptors (Lipinski definition) is 5. The van der Waals surface area contributed by atoms with Gasteiger partial charge in [0.1, 0.15) is 0 Å². The van der Waals surface area contributed by atoms with Crippen LogP contribution < -0.4 is 5.32 Å². The highest BCUT2D eigenvalue weighted by molar-refractivity contribution is 7.91. The Bertz CT molecular complexity index is 1340. The molecule has 2 heterocycles. The van der Waals surface area contributed by atoms with Crippen LogP contribution in [-0.2, 0) is 22.6 Å². The van der Waals surface area contributed by atoms with E-state index in [1.807, 2.05) is 0 Å². The van der Waals surface area contributed by atoms with E-state index in [0.717, 1.165) is 29.7 Å². The van der Waals surface area contributed by atoms with Gasteiger partial charge in [0.25, 0.3) is 5.91 Å². The Hall–Kier alpha value is -3.66. The molecule has 4 aromatic rings. The first-order chi connectivity index (χ1) is 15.1. The van der Waals surface area contributed by atoms with Crippen molar-refractivity contribution >= 4 is 26.7 Å². The van der Waals surface area contributed by atoms with Crippen molar-refractivity contribution in [1.29, 1.82) is 0 Å². The highest BCUT2D eigenvalue weighted by atomic mass is 32.2. The van der Waals surface area contributed by atoms with Crippen molar-refractivity contribution < 1.29 is 30.8 Å². The minimum Gasteiger partial charge on any atom is -0.449 e. The van der Waals surface area contributed by atoms with Crippen molar-refractivity contribution in [1.82, 2.24) is 10.3 Å². The summed E-state index contributed by atoms with van der Waals surface area (Å²) in [4.78, 5) is 15.9. The van der Waals surface area contributed by atoms with E-state index in [2.05, 4.69) is 10.3 Å². The summed E-state index contributed by atoms with van der Waals surface area (Å²) in [6, 6.07) is 12.3. The molecule has 6 nitrogen and oxygen atoms in total. The molecular formula is C22H15F3N2O4S. The van der Waals surface area contributed by atoms with E-state index < -0.39 is 27.5 Å². The number of nitrogens with zero attached hydrogens (tertiary/aromatic N) is 1. The second kappa shape index (κ2) is 8.12. The topological polar surface area (TPSA) is 89.3 Å². The molecule has 0 saturated carbocycles. The minimum atomic E-state index is -4.55. The van der Waals surface area contributed by atoms with Crippen LogP contribution in [-0.4, -0.2) is 19.3 Å². The van der Waals surface area contributed by atoms with E-state index in [1.54, 1.807) is 18.3 Å². The standard InChI is InChI=1S/C22H15F3N2O4S/c23-22(24,25)16-3-7-18(8-4-16)32(29,30)17-5-1-14(2-6-17)12-27-21(28)19-11-15-9-10-26-13-20(15)31-19/h1-11,13H,12H2,(H,27,28). The Balaban J connectivity index is 1.44. The molecule has 2 aromatic heterocycles. The quantitative estimate of drug-likeness (QED) is 0.470. The molecule has 0 unspecified atom stereocenters. The van der Waals surface area contributed by atoms with Crippen molar-refractivity contribution in [3.63, 3.8) is 0 Å². The first-order valence-electron chi connectivity index (χ1n) is 9.28. The number of fused-ring (bicyclic) bond motifs is 1. The lowest BCUT2D eigenvalue weighted by Crippen LogP contribution is -2.22. The zero-order chi connectivity index (χ0) is 22.9. The van der Waals surface area contributed by atoms with Gasteiger partial charge in [-0.1, -0.05) is 12.1 Å². The Kier molecular flexibility index (Phi) is 5.47. The average molecular weight is 460 g/mol. The number of aromatic nitrogens is 1. The van der Waals surface area contributed by atoms with Gasteiger partial charge in [-0.25, -0.2) is 8.42 Å². The average Bonchev–Trinajstić information content (AvgIpc) is 3.22. The van der Waals surface area contributed by atoms with Gasteiger partial charge in [0.05, 0.1) is 21.6 Å². The lowest BCUT2D eigenvalue weighted by molar-refractivity contribution is -0.137. The molecule has 0 fully saturated rings. The molecule has 0 aliphatic carbocycles. The van der Waals surface area contributed by atoms with Gasteiger partial charge in [0.2, 0.25) is 9.84 Å². The van der Waals surface area contributed by atoms with Gasteiger partial charge in [-0.2, -0.15) is 13.2 Å². The van der Waals surface area contributed by atoms with Crippen molar-refractivity contribution in [2.75, 3.05) is 0 Å². The van der Waals surface area contributed by atoms with Crippen LogP contribution in [0, 0.1) is 0 Å². The third-order valence-corrected chi connectivity index (χ3v) is 6.51. The van der Waals surface area contributed by atoms with Crippen molar-refractivity contribution in [2.24, 2.45) is 0 Å². The van der Waals surface area contributed by atoms with Crippen molar-refractivity contribution in [2.45, 2.75) is 22.5 Å². The lowest BCUT2D eigenvalue weighted by atomic mass is 10.2. The van der Waals surface area contributed by atoms with Crippen molar-refractivity contribution in [3.8, 4) is 0 Å². The molecule has 32 heavy (non-hydrogen) atoms. The number of amides is 1. The number of carbonyl (C=O) groups is 1. The maximum atomic E-state index is 12.7. The molecule has 164 valence electrons. The molecule has 0 radical (unpaired) electrons. The molecule has 2 aromatic carbocycles. The van der Waals surface area contributed by atoms with Crippen LogP contribution in [0.15, 0.2) is 87.3 Å². The van der Waals surface area contributed by atoms with Crippen LogP contribution in [0.25, 0.3) is 11.0 Å². The zero-order valence-electron chi connectivity index (χ0n) is 16.3. The molecule has 0 aliphatic heterocycles. The number of carbonyl (C=O) groups excluding carboxylic acids is 1. The molecule has 1 amide bonds. The monoisotopic (exact) mass is 460 g/mol. The number of rotatable bonds is 5. The second-order valence-corrected chi connectivity index (χ2v) is 8.83. The molecule has 0 atom stereocenters. The summed E-state index contributed by atoms with van der Waals surface area (Å²) in [5, 5.41) is 3.42. The van der Waals surface area contributed by atoms with Gasteiger partial charge in [-0.15, -0.1) is 0 Å². The smallest absolute Gasteiger partial charge is 0.416 e. The number of halogens is 3. The third-order valence-electron chi connectivity index (χ3n) is 4.73. The predicted octanol–water partition coefficient (Wildman–Crippen LogP) is 4.61. The first kappa shape index (κ1) is 21.6. The van der Waals surface area contributed by atoms with Crippen LogP contribution in [0.1, 0.15) is 21.7 Å². The molecule has 0 aliphatic rings. The van der Waals surface area contributed by atoms with Crippen LogP contribution >= 0.6 is 0 Å². The number of hydrogen-bond donors (Lipinski definition) is 1. The van der Waals surface area contributed by atoms with Gasteiger partial charge in [-0.3, -0.25) is 9.78 Å². The fraction of sp³-hybridized carbons (Fsp3) is 0.0909. The lowest BCUT2D eigenvalue weighted by Gasteiger charge is -2.09. The molecule has 4 rings (SSSR count). The maximum absolute atomic E-state index is 12.7.